The first-order valence-corrected chi connectivity index (χ1v) is 6.85. The average molecular weight is 299 g/mol. The molecule has 0 saturated carbocycles. The molecule has 0 spiro atoms. The van der Waals surface area contributed by atoms with E-state index in [4.69, 9.17) is 15.6 Å². The third-order valence-electron chi connectivity index (χ3n) is 3.43. The summed E-state index contributed by atoms with van der Waals surface area (Å²) >= 11 is 0. The first-order valence-electron chi connectivity index (χ1n) is 6.85. The van der Waals surface area contributed by atoms with Crippen LogP contribution >= 0.6 is 0 Å². The summed E-state index contributed by atoms with van der Waals surface area (Å²) in [4.78, 5) is 12.9. The summed E-state index contributed by atoms with van der Waals surface area (Å²) in [5, 5.41) is 9.10. The molecule has 0 unspecified atom stereocenters. The summed E-state index contributed by atoms with van der Waals surface area (Å²) in [5.74, 6) is 0.930. The summed E-state index contributed by atoms with van der Waals surface area (Å²) in [7, 11) is 1.56. The highest BCUT2D eigenvalue weighted by atomic mass is 16.5. The Morgan fingerprint density at radius 3 is 2.45 bits per heavy atom. The van der Waals surface area contributed by atoms with Crippen molar-refractivity contribution in [2.75, 3.05) is 12.8 Å². The fourth-order valence-electron chi connectivity index (χ4n) is 2.35. The molecule has 0 bridgehead atoms. The Morgan fingerprint density at radius 1 is 1.14 bits per heavy atom. The molecule has 7 heteroatoms. The van der Waals surface area contributed by atoms with Crippen LogP contribution in [0.1, 0.15) is 17.0 Å². The number of fused-ring (bicyclic) bond motifs is 1. The van der Waals surface area contributed by atoms with Gasteiger partial charge in [0.1, 0.15) is 5.82 Å². The van der Waals surface area contributed by atoms with Crippen LogP contribution in [-0.2, 0) is 13.2 Å². The fourth-order valence-corrected chi connectivity index (χ4v) is 2.35. The Morgan fingerprint density at radius 2 is 1.82 bits per heavy atom. The van der Waals surface area contributed by atoms with E-state index >= 15 is 0 Å². The van der Waals surface area contributed by atoms with E-state index < -0.39 is 0 Å². The lowest BCUT2D eigenvalue weighted by atomic mass is 10.1. The maximum atomic E-state index is 9.10. The van der Waals surface area contributed by atoms with Crippen LogP contribution in [0.3, 0.4) is 0 Å². The van der Waals surface area contributed by atoms with Gasteiger partial charge >= 0.3 is 0 Å². The number of benzene rings is 1. The summed E-state index contributed by atoms with van der Waals surface area (Å²) < 4.78 is 7.19. The number of aliphatic hydroxyl groups excluding tert-OH is 1. The molecule has 0 atom stereocenters. The second-order valence-electron chi connectivity index (χ2n) is 4.99. The molecule has 0 amide bonds. The van der Waals surface area contributed by atoms with E-state index in [9.17, 15) is 0 Å². The van der Waals surface area contributed by atoms with E-state index in [1.54, 1.807) is 14.0 Å². The number of hydrogen-bond acceptors (Lipinski definition) is 6. The molecule has 0 aliphatic heterocycles. The zero-order chi connectivity index (χ0) is 15.7. The number of aryl methyl sites for hydroxylation is 1. The maximum absolute atomic E-state index is 9.10. The van der Waals surface area contributed by atoms with Crippen molar-refractivity contribution in [3.8, 4) is 6.01 Å². The Balaban J connectivity index is 2.08. The second-order valence-corrected chi connectivity index (χ2v) is 4.99. The second kappa shape index (κ2) is 5.61. The Bertz CT molecular complexity index is 811. The highest BCUT2D eigenvalue weighted by Gasteiger charge is 2.16. The summed E-state index contributed by atoms with van der Waals surface area (Å²) in [6, 6.07) is 8.11. The predicted molar refractivity (Wildman–Crippen MR) is 82.5 cm³/mol. The first-order chi connectivity index (χ1) is 10.6. The van der Waals surface area contributed by atoms with Gasteiger partial charge < -0.3 is 15.6 Å². The predicted octanol–water partition coefficient (Wildman–Crippen LogP) is 1.27. The van der Waals surface area contributed by atoms with Gasteiger partial charge in [0.05, 0.1) is 20.3 Å². The maximum Gasteiger partial charge on any atom is 0.298 e. The highest BCUT2D eigenvalue weighted by Crippen LogP contribution is 2.24. The van der Waals surface area contributed by atoms with Crippen LogP contribution in [0.2, 0.25) is 0 Å². The zero-order valence-corrected chi connectivity index (χ0v) is 12.4. The molecule has 2 aromatic heterocycles. The topological polar surface area (TPSA) is 99.1 Å². The summed E-state index contributed by atoms with van der Waals surface area (Å²) in [6.07, 6.45) is 0. The van der Waals surface area contributed by atoms with E-state index in [1.165, 1.54) is 0 Å². The first kappa shape index (κ1) is 14.3. The molecule has 1 aromatic carbocycles. The van der Waals surface area contributed by atoms with E-state index in [0.717, 1.165) is 11.1 Å². The third kappa shape index (κ3) is 2.46. The molecule has 0 radical (unpaired) electrons. The van der Waals surface area contributed by atoms with E-state index in [2.05, 4.69) is 15.0 Å². The molecular formula is C15H17N5O2. The van der Waals surface area contributed by atoms with E-state index in [1.807, 2.05) is 28.8 Å². The monoisotopic (exact) mass is 299 g/mol. The summed E-state index contributed by atoms with van der Waals surface area (Å²) in [5.41, 5.74) is 9.01. The Labute approximate surface area is 127 Å². The molecule has 2 heterocycles. The average Bonchev–Trinajstić information content (AvgIpc) is 2.86. The van der Waals surface area contributed by atoms with Crippen LogP contribution in [0.5, 0.6) is 6.01 Å². The van der Waals surface area contributed by atoms with Crippen molar-refractivity contribution in [2.24, 2.45) is 0 Å². The molecule has 3 aromatic rings. The highest BCUT2D eigenvalue weighted by molar-refractivity contribution is 5.82. The number of imidazole rings is 1. The normalized spacial score (nSPS) is 11.0. The largest absolute Gasteiger partial charge is 0.468 e. The number of anilines is 1. The molecule has 0 aliphatic rings. The van der Waals surface area contributed by atoms with Crippen LogP contribution < -0.4 is 10.5 Å². The van der Waals surface area contributed by atoms with Gasteiger partial charge in [-0.15, -0.1) is 0 Å². The molecule has 0 saturated heterocycles. The lowest BCUT2D eigenvalue weighted by Gasteiger charge is -2.08. The van der Waals surface area contributed by atoms with Crippen LogP contribution in [0.4, 0.5) is 5.82 Å². The Kier molecular flexibility index (Phi) is 3.64. The van der Waals surface area contributed by atoms with Crippen molar-refractivity contribution in [1.82, 2.24) is 19.5 Å². The van der Waals surface area contributed by atoms with Crippen LogP contribution in [0.15, 0.2) is 24.3 Å². The smallest absolute Gasteiger partial charge is 0.298 e. The van der Waals surface area contributed by atoms with E-state index in [-0.39, 0.29) is 6.61 Å². The molecule has 0 fully saturated rings. The van der Waals surface area contributed by atoms with Gasteiger partial charge in [-0.3, -0.25) is 4.57 Å². The molecule has 3 rings (SSSR count). The minimum atomic E-state index is 0.0283. The molecule has 0 aliphatic carbocycles. The molecule has 7 nitrogen and oxygen atoms in total. The number of methoxy groups -OCH3 is 1. The van der Waals surface area contributed by atoms with Crippen molar-refractivity contribution < 1.29 is 9.84 Å². The van der Waals surface area contributed by atoms with Gasteiger partial charge in [-0.25, -0.2) is 9.97 Å². The van der Waals surface area contributed by atoms with Gasteiger partial charge in [0.2, 0.25) is 0 Å². The fraction of sp³-hybridized carbons (Fsp3) is 0.267. The number of nitrogen functional groups attached to an aromatic ring is 1. The van der Waals surface area contributed by atoms with Crippen LogP contribution in [0.25, 0.3) is 11.2 Å². The number of aromatic nitrogens is 4. The minimum absolute atomic E-state index is 0.0283. The number of nitrogens with two attached hydrogens (primary N) is 1. The standard InChI is InChI=1S/C15H17N5O2/c1-9-17-13(16)12-14(18-9)20(15(19-12)22-2)7-10-3-5-11(8-21)6-4-10/h3-6,21H,7-8H2,1-2H3,(H2,16,17,18). The lowest BCUT2D eigenvalue weighted by molar-refractivity contribution is 0.282. The van der Waals surface area contributed by atoms with Crippen LogP contribution in [-0.4, -0.2) is 31.7 Å². The molecule has 3 N–H and O–H groups in total. The Hall–Kier alpha value is -2.67. The number of aliphatic hydroxyl groups is 1. The van der Waals surface area contributed by atoms with E-state index in [0.29, 0.717) is 35.4 Å². The van der Waals surface area contributed by atoms with Gasteiger partial charge in [-0.2, -0.15) is 4.98 Å². The van der Waals surface area contributed by atoms with Gasteiger partial charge in [-0.1, -0.05) is 24.3 Å². The van der Waals surface area contributed by atoms with Crippen LogP contribution in [0, 0.1) is 6.92 Å². The summed E-state index contributed by atoms with van der Waals surface area (Å²) in [6.45, 7) is 2.36. The van der Waals surface area contributed by atoms with Gasteiger partial charge in [-0.05, 0) is 18.1 Å². The molecule has 114 valence electrons. The van der Waals surface area contributed by atoms with Crippen molar-refractivity contribution in [3.63, 3.8) is 0 Å². The van der Waals surface area contributed by atoms with Crippen molar-refractivity contribution >= 4 is 17.0 Å². The number of hydrogen-bond donors (Lipinski definition) is 2. The minimum Gasteiger partial charge on any atom is -0.468 e. The third-order valence-corrected chi connectivity index (χ3v) is 3.43. The molecule has 22 heavy (non-hydrogen) atoms. The zero-order valence-electron chi connectivity index (χ0n) is 12.4. The van der Waals surface area contributed by atoms with Crippen molar-refractivity contribution in [3.05, 3.63) is 41.2 Å². The number of rotatable bonds is 4. The SMILES string of the molecule is COc1nc2c(N)nc(C)nc2n1Cc1ccc(CO)cc1. The van der Waals surface area contributed by atoms with Crippen molar-refractivity contribution in [1.29, 1.82) is 0 Å². The van der Waals surface area contributed by atoms with Gasteiger partial charge in [0, 0.05) is 0 Å². The quantitative estimate of drug-likeness (QED) is 0.752. The van der Waals surface area contributed by atoms with Crippen molar-refractivity contribution in [2.45, 2.75) is 20.1 Å². The number of nitrogens with zero attached hydrogens (tertiary/aromatic N) is 4. The lowest BCUT2D eigenvalue weighted by Crippen LogP contribution is -2.05. The number of ether oxygens (including phenoxy) is 1. The molecular weight excluding hydrogens is 282 g/mol. The van der Waals surface area contributed by atoms with Gasteiger partial charge in [0.15, 0.2) is 17.0 Å². The van der Waals surface area contributed by atoms with Gasteiger partial charge in [0.25, 0.3) is 6.01 Å².